The van der Waals surface area contributed by atoms with Gasteiger partial charge in [-0.15, -0.1) is 0 Å². The Hall–Kier alpha value is -3.81. The van der Waals surface area contributed by atoms with E-state index < -0.39 is 18.1 Å². The van der Waals surface area contributed by atoms with Crippen molar-refractivity contribution >= 4 is 34.5 Å². The second kappa shape index (κ2) is 9.13. The maximum absolute atomic E-state index is 11.7. The lowest BCUT2D eigenvalue weighted by atomic mass is 10.1. The van der Waals surface area contributed by atoms with Crippen molar-refractivity contribution in [2.75, 3.05) is 17.7 Å². The summed E-state index contributed by atoms with van der Waals surface area (Å²) in [6.45, 7) is 3.76. The maximum atomic E-state index is 11.7. The molecule has 2 unspecified atom stereocenters. The standard InChI is InChI=1S/C22H23N4O4/c1-3-29-20-11-15(4-7-19(20)30-13(2)22(24)28)18(12-27)26-16-5-6-17-14(10-16)8-9-25-21(17)23/h4-11,13,18,26H,3H2,1-2H3,(H2,23,25)(H2,24,28). The number of nitrogens with one attached hydrogen (secondary N) is 1. The quantitative estimate of drug-likeness (QED) is 0.497. The number of hydrogen-bond acceptors (Lipinski definition) is 7. The third kappa shape index (κ3) is 4.60. The van der Waals surface area contributed by atoms with E-state index >= 15 is 0 Å². The minimum Gasteiger partial charge on any atom is -0.490 e. The van der Waals surface area contributed by atoms with Crippen LogP contribution in [-0.2, 0) is 9.59 Å². The number of pyridine rings is 1. The number of nitrogen functional groups attached to an aromatic ring is 1. The second-order valence-electron chi connectivity index (χ2n) is 6.63. The van der Waals surface area contributed by atoms with Crippen LogP contribution in [0.5, 0.6) is 11.5 Å². The molecular formula is C22H23N4O4. The molecule has 8 nitrogen and oxygen atoms in total. The summed E-state index contributed by atoms with van der Waals surface area (Å²) in [6, 6.07) is 11.7. The van der Waals surface area contributed by atoms with Gasteiger partial charge >= 0.3 is 0 Å². The van der Waals surface area contributed by atoms with Crippen molar-refractivity contribution < 1.29 is 19.1 Å². The molecule has 2 atom stereocenters. The predicted octanol–water partition coefficient (Wildman–Crippen LogP) is 2.73. The van der Waals surface area contributed by atoms with Crippen molar-refractivity contribution in [3.8, 4) is 11.5 Å². The monoisotopic (exact) mass is 407 g/mol. The molecule has 2 aromatic carbocycles. The summed E-state index contributed by atoms with van der Waals surface area (Å²) in [4.78, 5) is 27.1. The molecule has 0 saturated heterocycles. The van der Waals surface area contributed by atoms with Crippen LogP contribution in [0.3, 0.4) is 0 Å². The first-order chi connectivity index (χ1) is 14.4. The average molecular weight is 407 g/mol. The first kappa shape index (κ1) is 20.9. The molecule has 0 bridgehead atoms. The third-order valence-electron chi connectivity index (χ3n) is 4.53. The Morgan fingerprint density at radius 3 is 2.70 bits per heavy atom. The summed E-state index contributed by atoms with van der Waals surface area (Å²) in [7, 11) is 0. The molecule has 3 aromatic rings. The third-order valence-corrected chi connectivity index (χ3v) is 4.53. The van der Waals surface area contributed by atoms with Gasteiger partial charge in [-0.25, -0.2) is 4.98 Å². The summed E-state index contributed by atoms with van der Waals surface area (Å²) >= 11 is 0. The van der Waals surface area contributed by atoms with Gasteiger partial charge in [-0.05, 0) is 61.2 Å². The van der Waals surface area contributed by atoms with Crippen molar-refractivity contribution in [1.82, 2.24) is 4.98 Å². The topological polar surface area (TPSA) is 130 Å². The van der Waals surface area contributed by atoms with Gasteiger partial charge in [0.15, 0.2) is 17.6 Å². The molecule has 1 amide bonds. The Morgan fingerprint density at radius 1 is 1.20 bits per heavy atom. The minimum absolute atomic E-state index is 0.366. The number of aromatic nitrogens is 1. The van der Waals surface area contributed by atoms with Crippen molar-refractivity contribution in [2.45, 2.75) is 26.0 Å². The second-order valence-corrected chi connectivity index (χ2v) is 6.63. The summed E-state index contributed by atoms with van der Waals surface area (Å²) < 4.78 is 11.2. The minimum atomic E-state index is -0.818. The van der Waals surface area contributed by atoms with Crippen molar-refractivity contribution in [3.05, 3.63) is 54.2 Å². The summed E-state index contributed by atoms with van der Waals surface area (Å²) in [5, 5.41) is 4.88. The molecule has 8 heteroatoms. The zero-order valence-electron chi connectivity index (χ0n) is 16.7. The number of carbonyl (C=O) groups is 1. The van der Waals surface area contributed by atoms with Gasteiger partial charge in [0.05, 0.1) is 6.61 Å². The number of primary amides is 1. The number of amides is 1. The van der Waals surface area contributed by atoms with Crippen molar-refractivity contribution in [1.29, 1.82) is 0 Å². The highest BCUT2D eigenvalue weighted by atomic mass is 16.5. The zero-order valence-corrected chi connectivity index (χ0v) is 16.7. The SMILES string of the molecule is CCOc1cc(C([C]=O)Nc2ccc3c(N)nccc3c2)ccc1OC(C)C(N)=O. The molecule has 0 aliphatic heterocycles. The van der Waals surface area contributed by atoms with Crippen LogP contribution in [0.25, 0.3) is 10.8 Å². The Labute approximate surface area is 174 Å². The van der Waals surface area contributed by atoms with Crippen LogP contribution in [0.15, 0.2) is 48.7 Å². The van der Waals surface area contributed by atoms with E-state index in [9.17, 15) is 9.59 Å². The lowest BCUT2D eigenvalue weighted by molar-refractivity contribution is -0.124. The van der Waals surface area contributed by atoms with E-state index in [0.717, 1.165) is 16.5 Å². The predicted molar refractivity (Wildman–Crippen MR) is 115 cm³/mol. The van der Waals surface area contributed by atoms with Crippen LogP contribution in [0.4, 0.5) is 11.5 Å². The van der Waals surface area contributed by atoms with Gasteiger partial charge in [0.25, 0.3) is 5.91 Å². The molecule has 0 spiro atoms. The van der Waals surface area contributed by atoms with E-state index in [4.69, 9.17) is 20.9 Å². The fourth-order valence-electron chi connectivity index (χ4n) is 2.96. The fourth-order valence-corrected chi connectivity index (χ4v) is 2.96. The molecule has 30 heavy (non-hydrogen) atoms. The Balaban J connectivity index is 1.87. The largest absolute Gasteiger partial charge is 0.490 e. The first-order valence-electron chi connectivity index (χ1n) is 9.44. The highest BCUT2D eigenvalue weighted by Gasteiger charge is 2.18. The Kier molecular flexibility index (Phi) is 6.36. The van der Waals surface area contributed by atoms with Gasteiger partial charge in [-0.3, -0.25) is 9.59 Å². The molecule has 0 aliphatic carbocycles. The highest BCUT2D eigenvalue weighted by molar-refractivity contribution is 5.93. The highest BCUT2D eigenvalue weighted by Crippen LogP contribution is 2.32. The fraction of sp³-hybridized carbons (Fsp3) is 0.227. The number of benzene rings is 2. The smallest absolute Gasteiger partial charge is 0.258 e. The lowest BCUT2D eigenvalue weighted by Crippen LogP contribution is -2.30. The number of fused-ring (bicyclic) bond motifs is 1. The van der Waals surface area contributed by atoms with E-state index in [1.54, 1.807) is 31.3 Å². The van der Waals surface area contributed by atoms with Crippen LogP contribution < -0.4 is 26.3 Å². The van der Waals surface area contributed by atoms with Gasteiger partial charge < -0.3 is 26.3 Å². The lowest BCUT2D eigenvalue weighted by Gasteiger charge is -2.19. The van der Waals surface area contributed by atoms with Crippen molar-refractivity contribution in [3.63, 3.8) is 0 Å². The summed E-state index contributed by atoms with van der Waals surface area (Å²) in [5.74, 6) is 0.627. The van der Waals surface area contributed by atoms with Crippen LogP contribution in [0.2, 0.25) is 0 Å². The van der Waals surface area contributed by atoms with E-state index in [2.05, 4.69) is 10.3 Å². The van der Waals surface area contributed by atoms with Gasteiger partial charge in [0.1, 0.15) is 11.9 Å². The molecule has 5 N–H and O–H groups in total. The number of hydrogen-bond donors (Lipinski definition) is 3. The number of nitrogens with two attached hydrogens (primary N) is 2. The number of carbonyl (C=O) groups excluding carboxylic acids is 2. The summed E-state index contributed by atoms with van der Waals surface area (Å²) in [5.41, 5.74) is 12.5. The molecule has 1 aromatic heterocycles. The molecule has 0 aliphatic rings. The van der Waals surface area contributed by atoms with Crippen LogP contribution in [0, 0.1) is 0 Å². The van der Waals surface area contributed by atoms with Crippen LogP contribution >= 0.6 is 0 Å². The van der Waals surface area contributed by atoms with Gasteiger partial charge in [0, 0.05) is 17.3 Å². The Morgan fingerprint density at radius 2 is 2.00 bits per heavy atom. The van der Waals surface area contributed by atoms with Gasteiger partial charge in [-0.1, -0.05) is 6.07 Å². The normalized spacial score (nSPS) is 12.7. The van der Waals surface area contributed by atoms with E-state index in [0.29, 0.717) is 29.5 Å². The van der Waals surface area contributed by atoms with E-state index in [1.165, 1.54) is 0 Å². The molecule has 3 rings (SSSR count). The average Bonchev–Trinajstić information content (AvgIpc) is 2.73. The molecule has 1 heterocycles. The number of anilines is 2. The number of nitrogens with zero attached hydrogens (tertiary/aromatic N) is 1. The maximum Gasteiger partial charge on any atom is 0.258 e. The zero-order chi connectivity index (χ0) is 21.7. The molecule has 155 valence electrons. The van der Waals surface area contributed by atoms with E-state index in [-0.39, 0.29) is 0 Å². The van der Waals surface area contributed by atoms with Crippen LogP contribution in [-0.4, -0.2) is 29.9 Å². The summed E-state index contributed by atoms with van der Waals surface area (Å²) in [6.07, 6.45) is 2.82. The van der Waals surface area contributed by atoms with Gasteiger partial charge in [0.2, 0.25) is 6.29 Å². The molecule has 0 fully saturated rings. The molecule has 1 radical (unpaired) electrons. The number of ether oxygens (including phenoxy) is 2. The van der Waals surface area contributed by atoms with Crippen LogP contribution in [0.1, 0.15) is 25.5 Å². The first-order valence-corrected chi connectivity index (χ1v) is 9.44. The van der Waals surface area contributed by atoms with Gasteiger partial charge in [-0.2, -0.15) is 0 Å². The Bertz CT molecular complexity index is 1070. The van der Waals surface area contributed by atoms with E-state index in [1.807, 2.05) is 37.5 Å². The number of rotatable bonds is 9. The van der Waals surface area contributed by atoms with Crippen molar-refractivity contribution in [2.24, 2.45) is 5.73 Å². The molecular weight excluding hydrogens is 384 g/mol. The molecule has 0 saturated carbocycles.